The lowest BCUT2D eigenvalue weighted by atomic mass is 9.98. The van der Waals surface area contributed by atoms with Crippen LogP contribution in [0.2, 0.25) is 0 Å². The van der Waals surface area contributed by atoms with Crippen molar-refractivity contribution in [1.29, 1.82) is 0 Å². The summed E-state index contributed by atoms with van der Waals surface area (Å²) in [6, 6.07) is 8.54. The molecule has 3 heteroatoms. The molecule has 1 atom stereocenters. The monoisotopic (exact) mass is 229 g/mol. The van der Waals surface area contributed by atoms with Crippen LogP contribution in [-0.2, 0) is 17.8 Å². The fraction of sp³-hybridized carbons (Fsp3) is 0.357. The lowest BCUT2D eigenvalue weighted by Crippen LogP contribution is -2.26. The molecule has 0 bridgehead atoms. The third-order valence-corrected chi connectivity index (χ3v) is 3.64. The van der Waals surface area contributed by atoms with Crippen LogP contribution in [0.1, 0.15) is 17.7 Å². The molecular formula is C14H15NO2. The maximum atomic E-state index is 11.1. The summed E-state index contributed by atoms with van der Waals surface area (Å²) < 4.78 is 2.16. The van der Waals surface area contributed by atoms with Gasteiger partial charge in [-0.2, -0.15) is 0 Å². The van der Waals surface area contributed by atoms with E-state index in [0.29, 0.717) is 6.54 Å². The molecule has 88 valence electrons. The van der Waals surface area contributed by atoms with Crippen molar-refractivity contribution >= 4 is 16.9 Å². The number of nitrogens with zero attached hydrogens (tertiary/aromatic N) is 1. The van der Waals surface area contributed by atoms with E-state index >= 15 is 0 Å². The predicted octanol–water partition coefficient (Wildman–Crippen LogP) is 2.60. The lowest BCUT2D eigenvalue weighted by Gasteiger charge is -2.22. The van der Waals surface area contributed by atoms with Crippen LogP contribution in [0.15, 0.2) is 24.3 Å². The van der Waals surface area contributed by atoms with E-state index in [1.54, 1.807) is 0 Å². The van der Waals surface area contributed by atoms with Gasteiger partial charge in [-0.1, -0.05) is 11.6 Å². The van der Waals surface area contributed by atoms with Gasteiger partial charge < -0.3 is 9.67 Å². The average molecular weight is 229 g/mol. The summed E-state index contributed by atoms with van der Waals surface area (Å²) in [6.45, 7) is 2.69. The highest BCUT2D eigenvalue weighted by Crippen LogP contribution is 2.28. The smallest absolute Gasteiger partial charge is 0.308 e. The van der Waals surface area contributed by atoms with E-state index in [1.165, 1.54) is 16.6 Å². The average Bonchev–Trinajstić information content (AvgIpc) is 2.64. The molecule has 1 aliphatic heterocycles. The van der Waals surface area contributed by atoms with Crippen molar-refractivity contribution < 1.29 is 9.90 Å². The number of carbonyl (C=O) groups is 1. The largest absolute Gasteiger partial charge is 0.481 e. The zero-order chi connectivity index (χ0) is 12.0. The molecule has 0 saturated carbocycles. The van der Waals surface area contributed by atoms with Crippen LogP contribution in [0.25, 0.3) is 10.9 Å². The first-order valence-corrected chi connectivity index (χ1v) is 5.97. The van der Waals surface area contributed by atoms with E-state index in [9.17, 15) is 4.79 Å². The molecule has 2 aromatic rings. The van der Waals surface area contributed by atoms with E-state index in [-0.39, 0.29) is 5.92 Å². The first-order valence-electron chi connectivity index (χ1n) is 5.97. The van der Waals surface area contributed by atoms with Crippen LogP contribution in [0.4, 0.5) is 0 Å². The van der Waals surface area contributed by atoms with E-state index in [4.69, 9.17) is 5.11 Å². The van der Waals surface area contributed by atoms with Crippen LogP contribution < -0.4 is 0 Å². The molecule has 3 rings (SSSR count). The number of aryl methyl sites for hydroxylation is 2. The molecule has 0 fully saturated rings. The SMILES string of the molecule is Cc1ccc2c(c1)cc1n2CC(C(=O)O)CC1. The Labute approximate surface area is 99.7 Å². The Balaban J connectivity index is 2.12. The summed E-state index contributed by atoms with van der Waals surface area (Å²) in [5.74, 6) is -0.913. The number of benzene rings is 1. The van der Waals surface area contributed by atoms with Gasteiger partial charge in [-0.15, -0.1) is 0 Å². The number of aromatic nitrogens is 1. The zero-order valence-electron chi connectivity index (χ0n) is 9.81. The minimum Gasteiger partial charge on any atom is -0.481 e. The maximum Gasteiger partial charge on any atom is 0.308 e. The Kier molecular flexibility index (Phi) is 2.21. The molecule has 1 aromatic heterocycles. The first kappa shape index (κ1) is 10.4. The highest BCUT2D eigenvalue weighted by Gasteiger charge is 2.25. The van der Waals surface area contributed by atoms with Gasteiger partial charge in [0.1, 0.15) is 0 Å². The summed E-state index contributed by atoms with van der Waals surface area (Å²) in [5.41, 5.74) is 3.68. The second-order valence-electron chi connectivity index (χ2n) is 4.88. The number of aliphatic carboxylic acids is 1. The van der Waals surface area contributed by atoms with Crippen molar-refractivity contribution in [3.8, 4) is 0 Å². The Bertz CT molecular complexity index is 598. The second-order valence-corrected chi connectivity index (χ2v) is 4.88. The minimum absolute atomic E-state index is 0.237. The summed E-state index contributed by atoms with van der Waals surface area (Å²) >= 11 is 0. The normalized spacial score (nSPS) is 19.2. The molecule has 2 heterocycles. The van der Waals surface area contributed by atoms with Crippen molar-refractivity contribution in [3.05, 3.63) is 35.5 Å². The summed E-state index contributed by atoms with van der Waals surface area (Å²) in [4.78, 5) is 11.1. The van der Waals surface area contributed by atoms with Crippen LogP contribution in [0, 0.1) is 12.8 Å². The molecule has 0 aliphatic carbocycles. The van der Waals surface area contributed by atoms with Gasteiger partial charge in [-0.05, 0) is 38.0 Å². The highest BCUT2D eigenvalue weighted by atomic mass is 16.4. The molecule has 0 spiro atoms. The summed E-state index contributed by atoms with van der Waals surface area (Å²) in [7, 11) is 0. The van der Waals surface area contributed by atoms with Gasteiger partial charge in [-0.3, -0.25) is 4.79 Å². The number of carboxylic acids is 1. The zero-order valence-corrected chi connectivity index (χ0v) is 9.81. The van der Waals surface area contributed by atoms with Gasteiger partial charge in [0.15, 0.2) is 0 Å². The van der Waals surface area contributed by atoms with E-state index in [1.807, 2.05) is 0 Å². The first-order chi connectivity index (χ1) is 8.15. The Morgan fingerprint density at radius 2 is 2.24 bits per heavy atom. The van der Waals surface area contributed by atoms with Crippen LogP contribution >= 0.6 is 0 Å². The molecule has 1 aliphatic rings. The van der Waals surface area contributed by atoms with E-state index < -0.39 is 5.97 Å². The molecule has 0 radical (unpaired) electrons. The molecule has 1 unspecified atom stereocenters. The quantitative estimate of drug-likeness (QED) is 0.816. The van der Waals surface area contributed by atoms with Gasteiger partial charge in [0.05, 0.1) is 5.92 Å². The number of rotatable bonds is 1. The third-order valence-electron chi connectivity index (χ3n) is 3.64. The molecule has 0 saturated heterocycles. The van der Waals surface area contributed by atoms with Crippen molar-refractivity contribution in [2.75, 3.05) is 0 Å². The van der Waals surface area contributed by atoms with Gasteiger partial charge >= 0.3 is 5.97 Å². The molecular weight excluding hydrogens is 214 g/mol. The Morgan fingerprint density at radius 3 is 3.00 bits per heavy atom. The Morgan fingerprint density at radius 1 is 1.41 bits per heavy atom. The van der Waals surface area contributed by atoms with Crippen LogP contribution in [-0.4, -0.2) is 15.6 Å². The maximum absolute atomic E-state index is 11.1. The molecule has 17 heavy (non-hydrogen) atoms. The molecule has 1 aromatic carbocycles. The third kappa shape index (κ3) is 1.62. The standard InChI is InChI=1S/C14H15NO2/c1-9-2-5-13-11(6-9)7-12-4-3-10(14(16)17)8-15(12)13/h2,5-7,10H,3-4,8H2,1H3,(H,16,17). The van der Waals surface area contributed by atoms with Gasteiger partial charge in [0, 0.05) is 23.1 Å². The van der Waals surface area contributed by atoms with Crippen molar-refractivity contribution in [1.82, 2.24) is 4.57 Å². The van der Waals surface area contributed by atoms with Crippen LogP contribution in [0.5, 0.6) is 0 Å². The van der Waals surface area contributed by atoms with E-state index in [2.05, 4.69) is 35.8 Å². The van der Waals surface area contributed by atoms with Gasteiger partial charge in [0.2, 0.25) is 0 Å². The summed E-state index contributed by atoms with van der Waals surface area (Å²) in [6.07, 6.45) is 1.62. The molecule has 1 N–H and O–H groups in total. The van der Waals surface area contributed by atoms with Crippen molar-refractivity contribution in [3.63, 3.8) is 0 Å². The fourth-order valence-corrected chi connectivity index (χ4v) is 2.71. The van der Waals surface area contributed by atoms with Gasteiger partial charge in [0.25, 0.3) is 0 Å². The molecule has 0 amide bonds. The lowest BCUT2D eigenvalue weighted by molar-refractivity contribution is -0.142. The van der Waals surface area contributed by atoms with Crippen LogP contribution in [0.3, 0.4) is 0 Å². The fourth-order valence-electron chi connectivity index (χ4n) is 2.71. The van der Waals surface area contributed by atoms with E-state index in [0.717, 1.165) is 18.4 Å². The Hall–Kier alpha value is -1.77. The number of carboxylic acid groups (broad SMARTS) is 1. The molecule has 3 nitrogen and oxygen atoms in total. The topological polar surface area (TPSA) is 42.2 Å². The number of hydrogen-bond acceptors (Lipinski definition) is 1. The van der Waals surface area contributed by atoms with Crippen molar-refractivity contribution in [2.24, 2.45) is 5.92 Å². The number of fused-ring (bicyclic) bond motifs is 3. The second kappa shape index (κ2) is 3.62. The van der Waals surface area contributed by atoms with Gasteiger partial charge in [-0.25, -0.2) is 0 Å². The minimum atomic E-state index is -0.676. The summed E-state index contributed by atoms with van der Waals surface area (Å²) in [5, 5.41) is 10.3. The highest BCUT2D eigenvalue weighted by molar-refractivity contribution is 5.82. The number of hydrogen-bond donors (Lipinski definition) is 1. The predicted molar refractivity (Wildman–Crippen MR) is 66.1 cm³/mol. The van der Waals surface area contributed by atoms with Crippen molar-refractivity contribution in [2.45, 2.75) is 26.3 Å².